The van der Waals surface area contributed by atoms with E-state index < -0.39 is 0 Å². The van der Waals surface area contributed by atoms with Crippen molar-refractivity contribution in [1.29, 1.82) is 0 Å². The summed E-state index contributed by atoms with van der Waals surface area (Å²) in [4.78, 5) is 4.82. The molecule has 0 saturated carbocycles. The minimum absolute atomic E-state index is 1.11. The molecule has 0 spiro atoms. The summed E-state index contributed by atoms with van der Waals surface area (Å²) in [6, 6.07) is 89.4. The number of hydrogen-bond acceptors (Lipinski definition) is 2. The van der Waals surface area contributed by atoms with Gasteiger partial charge in [-0.1, -0.05) is 182 Å². The Bertz CT molecular complexity index is 3770. The van der Waals surface area contributed by atoms with Crippen LogP contribution in [-0.2, 0) is 0 Å². The molecule has 14 aromatic rings. The lowest BCUT2D eigenvalue weighted by Crippen LogP contribution is -2.10. The second-order valence-electron chi connectivity index (χ2n) is 17.6. The van der Waals surface area contributed by atoms with Crippen molar-refractivity contribution in [2.24, 2.45) is 0 Å². The standard InChI is InChI=1S/C64H40N2/c1-3-17-45(18-4-1)65(59-39-37-55-51-23-9-15-43-13-7-21-49(61(43)51)53-25-11-27-57(59)63(53)55)47-33-29-41(30-34-47)42-31-35-48(36-32-42)66(46-19-5-2-6-20-46)60-40-38-56-52-24-10-16-44-14-8-22-50(62(44)52)54-26-12-28-58(60)64(54)56/h1-40H. The number of anilines is 6. The first-order valence-electron chi connectivity index (χ1n) is 22.8. The summed E-state index contributed by atoms with van der Waals surface area (Å²) < 4.78 is 0. The van der Waals surface area contributed by atoms with E-state index in [9.17, 15) is 0 Å². The van der Waals surface area contributed by atoms with Crippen molar-refractivity contribution in [3.63, 3.8) is 0 Å². The molecule has 14 rings (SSSR count). The third-order valence-corrected chi connectivity index (χ3v) is 14.1. The fraction of sp³-hybridized carbons (Fsp3) is 0. The molecule has 0 aromatic heterocycles. The van der Waals surface area contributed by atoms with Gasteiger partial charge in [0.1, 0.15) is 0 Å². The fourth-order valence-electron chi connectivity index (χ4n) is 11.3. The zero-order valence-electron chi connectivity index (χ0n) is 36.0. The monoisotopic (exact) mass is 836 g/mol. The Hall–Kier alpha value is -8.72. The Morgan fingerprint density at radius 1 is 0.182 bits per heavy atom. The second kappa shape index (κ2) is 14.4. The van der Waals surface area contributed by atoms with Crippen LogP contribution in [-0.4, -0.2) is 0 Å². The topological polar surface area (TPSA) is 6.48 Å². The van der Waals surface area contributed by atoms with Gasteiger partial charge in [0, 0.05) is 33.5 Å². The maximum absolute atomic E-state index is 2.41. The molecule has 0 fully saturated rings. The quantitative estimate of drug-likeness (QED) is 0.117. The van der Waals surface area contributed by atoms with E-state index in [2.05, 4.69) is 252 Å². The molecule has 0 N–H and O–H groups in total. The molecule has 66 heavy (non-hydrogen) atoms. The second-order valence-corrected chi connectivity index (χ2v) is 17.6. The third kappa shape index (κ3) is 5.42. The molecule has 0 heterocycles. The van der Waals surface area contributed by atoms with E-state index in [1.165, 1.54) is 97.3 Å². The summed E-state index contributed by atoms with van der Waals surface area (Å²) in [6.07, 6.45) is 0. The van der Waals surface area contributed by atoms with E-state index in [4.69, 9.17) is 0 Å². The van der Waals surface area contributed by atoms with Crippen molar-refractivity contribution >= 4 is 120 Å². The summed E-state index contributed by atoms with van der Waals surface area (Å²) in [5, 5.41) is 20.7. The molecule has 0 aliphatic carbocycles. The van der Waals surface area contributed by atoms with Crippen LogP contribution in [0.3, 0.4) is 0 Å². The number of hydrogen-bond donors (Lipinski definition) is 0. The summed E-state index contributed by atoms with van der Waals surface area (Å²) in [7, 11) is 0. The summed E-state index contributed by atoms with van der Waals surface area (Å²) in [5.74, 6) is 0. The van der Waals surface area contributed by atoms with Crippen LogP contribution in [0.5, 0.6) is 0 Å². The molecule has 14 aromatic carbocycles. The highest BCUT2D eigenvalue weighted by molar-refractivity contribution is 6.35. The first-order valence-corrected chi connectivity index (χ1v) is 22.8. The third-order valence-electron chi connectivity index (χ3n) is 14.1. The van der Waals surface area contributed by atoms with Crippen LogP contribution in [0.25, 0.3) is 97.3 Å². The van der Waals surface area contributed by atoms with Crippen molar-refractivity contribution in [3.8, 4) is 11.1 Å². The minimum atomic E-state index is 1.11. The molecule has 0 saturated heterocycles. The number of nitrogens with zero attached hydrogens (tertiary/aromatic N) is 2. The normalized spacial score (nSPS) is 11.9. The molecular formula is C64H40N2. The fourth-order valence-corrected chi connectivity index (χ4v) is 11.3. The van der Waals surface area contributed by atoms with E-state index in [0.29, 0.717) is 0 Å². The van der Waals surface area contributed by atoms with Gasteiger partial charge in [0.05, 0.1) is 11.4 Å². The maximum Gasteiger partial charge on any atom is 0.0540 e. The lowest BCUT2D eigenvalue weighted by molar-refractivity contribution is 1.29. The molecule has 0 unspecified atom stereocenters. The number of fused-ring (bicyclic) bond motifs is 4. The molecule has 0 aliphatic rings. The predicted octanol–water partition coefficient (Wildman–Crippen LogP) is 18.4. The van der Waals surface area contributed by atoms with E-state index in [1.807, 2.05) is 0 Å². The number of para-hydroxylation sites is 2. The Labute approximate surface area is 382 Å². The van der Waals surface area contributed by atoms with Gasteiger partial charge in [-0.15, -0.1) is 0 Å². The lowest BCUT2D eigenvalue weighted by atomic mass is 9.89. The molecule has 0 atom stereocenters. The molecule has 2 heteroatoms. The van der Waals surface area contributed by atoms with Gasteiger partial charge < -0.3 is 9.80 Å². The SMILES string of the molecule is c1ccc(N(c2ccc(-c3ccc(N(c4ccccc4)c4ccc5c6cccc7cccc(c8cccc4c85)c76)cc3)cc2)c2ccc3c4cccc5cccc(c6cccc2c63)c54)cc1. The van der Waals surface area contributed by atoms with Crippen molar-refractivity contribution in [3.05, 3.63) is 243 Å². The Morgan fingerprint density at radius 3 is 0.833 bits per heavy atom. The minimum Gasteiger partial charge on any atom is -0.310 e. The molecule has 0 amide bonds. The summed E-state index contributed by atoms with van der Waals surface area (Å²) in [5.41, 5.74) is 9.11. The molecule has 0 aliphatic heterocycles. The van der Waals surface area contributed by atoms with Gasteiger partial charge in [0.2, 0.25) is 0 Å². The molecule has 2 nitrogen and oxygen atoms in total. The highest BCUT2D eigenvalue weighted by Crippen LogP contribution is 2.48. The smallest absolute Gasteiger partial charge is 0.0540 e. The van der Waals surface area contributed by atoms with E-state index in [-0.39, 0.29) is 0 Å². The van der Waals surface area contributed by atoms with Crippen LogP contribution >= 0.6 is 0 Å². The first-order chi connectivity index (χ1) is 32.8. The molecular weight excluding hydrogens is 797 g/mol. The predicted molar refractivity (Wildman–Crippen MR) is 284 cm³/mol. The van der Waals surface area contributed by atoms with Gasteiger partial charge in [0.25, 0.3) is 0 Å². The van der Waals surface area contributed by atoms with Gasteiger partial charge in [-0.05, 0) is 147 Å². The number of rotatable bonds is 7. The van der Waals surface area contributed by atoms with Gasteiger partial charge in [-0.3, -0.25) is 0 Å². The Morgan fingerprint density at radius 2 is 0.470 bits per heavy atom. The van der Waals surface area contributed by atoms with Crippen molar-refractivity contribution in [1.82, 2.24) is 0 Å². The van der Waals surface area contributed by atoms with Crippen LogP contribution in [0.2, 0.25) is 0 Å². The highest BCUT2D eigenvalue weighted by atomic mass is 15.1. The highest BCUT2D eigenvalue weighted by Gasteiger charge is 2.22. The summed E-state index contributed by atoms with van der Waals surface area (Å²) >= 11 is 0. The van der Waals surface area contributed by atoms with Crippen LogP contribution in [0, 0.1) is 0 Å². The summed E-state index contributed by atoms with van der Waals surface area (Å²) in [6.45, 7) is 0. The van der Waals surface area contributed by atoms with Gasteiger partial charge in [0.15, 0.2) is 0 Å². The molecule has 306 valence electrons. The van der Waals surface area contributed by atoms with Crippen molar-refractivity contribution in [2.45, 2.75) is 0 Å². The Kier molecular flexibility index (Phi) is 8.02. The average molecular weight is 837 g/mol. The van der Waals surface area contributed by atoms with Crippen LogP contribution < -0.4 is 9.80 Å². The van der Waals surface area contributed by atoms with Crippen LogP contribution in [0.4, 0.5) is 34.1 Å². The molecule has 0 radical (unpaired) electrons. The maximum atomic E-state index is 2.41. The molecule has 0 bridgehead atoms. The van der Waals surface area contributed by atoms with Crippen LogP contribution in [0.1, 0.15) is 0 Å². The Balaban J connectivity index is 0.867. The van der Waals surface area contributed by atoms with Gasteiger partial charge in [-0.25, -0.2) is 0 Å². The van der Waals surface area contributed by atoms with Crippen molar-refractivity contribution < 1.29 is 0 Å². The van der Waals surface area contributed by atoms with Crippen molar-refractivity contribution in [2.75, 3.05) is 9.80 Å². The lowest BCUT2D eigenvalue weighted by Gasteiger charge is -2.28. The average Bonchev–Trinajstić information content (AvgIpc) is 3.39. The van der Waals surface area contributed by atoms with E-state index in [1.54, 1.807) is 0 Å². The van der Waals surface area contributed by atoms with E-state index >= 15 is 0 Å². The first kappa shape index (κ1) is 36.7. The van der Waals surface area contributed by atoms with Gasteiger partial charge >= 0.3 is 0 Å². The number of benzene rings is 14. The van der Waals surface area contributed by atoms with E-state index in [0.717, 1.165) is 34.1 Å². The zero-order chi connectivity index (χ0) is 43.3. The van der Waals surface area contributed by atoms with Crippen LogP contribution in [0.15, 0.2) is 243 Å². The largest absolute Gasteiger partial charge is 0.310 e. The van der Waals surface area contributed by atoms with Gasteiger partial charge in [-0.2, -0.15) is 0 Å². The zero-order valence-corrected chi connectivity index (χ0v) is 36.0.